The van der Waals surface area contributed by atoms with E-state index < -0.39 is 0 Å². The summed E-state index contributed by atoms with van der Waals surface area (Å²) in [5, 5.41) is 6.37. The molecule has 2 aliphatic heterocycles. The number of rotatable bonds is 4. The summed E-state index contributed by atoms with van der Waals surface area (Å²) in [6.45, 7) is 2.71. The molecule has 2 saturated heterocycles. The number of amides is 3. The van der Waals surface area contributed by atoms with Gasteiger partial charge in [-0.3, -0.25) is 9.69 Å². The number of nitrogens with zero attached hydrogens (tertiary/aromatic N) is 2. The van der Waals surface area contributed by atoms with Gasteiger partial charge in [-0.05, 0) is 38.1 Å². The molecule has 132 valence electrons. The molecule has 0 saturated carbocycles. The van der Waals surface area contributed by atoms with Crippen LogP contribution in [0.25, 0.3) is 0 Å². The van der Waals surface area contributed by atoms with E-state index in [0.29, 0.717) is 29.4 Å². The van der Waals surface area contributed by atoms with E-state index in [2.05, 4.69) is 10.6 Å². The number of nitrogens with one attached hydrogen (secondary N) is 2. The van der Waals surface area contributed by atoms with Crippen LogP contribution in [0.15, 0.2) is 18.2 Å². The maximum absolute atomic E-state index is 12.8. The Kier molecular flexibility index (Phi) is 6.32. The molecule has 1 aromatic carbocycles. The van der Waals surface area contributed by atoms with Crippen LogP contribution in [0, 0.1) is 0 Å². The summed E-state index contributed by atoms with van der Waals surface area (Å²) in [5.74, 6) is 0.000252. The van der Waals surface area contributed by atoms with Crippen LogP contribution in [0.3, 0.4) is 0 Å². The zero-order valence-electron chi connectivity index (χ0n) is 13.5. The smallest absolute Gasteiger partial charge is 0.322 e. The Bertz CT molecular complexity index is 626. The van der Waals surface area contributed by atoms with Crippen molar-refractivity contribution in [3.8, 4) is 0 Å². The summed E-state index contributed by atoms with van der Waals surface area (Å²) in [6.07, 6.45) is 2.04. The van der Waals surface area contributed by atoms with E-state index in [1.54, 1.807) is 23.1 Å². The van der Waals surface area contributed by atoms with E-state index in [0.717, 1.165) is 25.9 Å². The molecule has 3 amide bonds. The first-order valence-electron chi connectivity index (χ1n) is 7.92. The largest absolute Gasteiger partial charge is 0.336 e. The van der Waals surface area contributed by atoms with Gasteiger partial charge in [0.15, 0.2) is 0 Å². The van der Waals surface area contributed by atoms with Crippen LogP contribution in [0.2, 0.25) is 5.02 Å². The highest BCUT2D eigenvalue weighted by Gasteiger charge is 2.30. The lowest BCUT2D eigenvalue weighted by Gasteiger charge is -2.25. The molecule has 0 aliphatic carbocycles. The van der Waals surface area contributed by atoms with Crippen molar-refractivity contribution in [3.63, 3.8) is 0 Å². The number of hydrogen-bond acceptors (Lipinski definition) is 3. The number of carbonyl (C=O) groups excluding carboxylic acids is 2. The molecular formula is C16H22Cl2N4O2. The lowest BCUT2D eigenvalue weighted by atomic mass is 10.1. The van der Waals surface area contributed by atoms with Crippen molar-refractivity contribution in [2.75, 3.05) is 38.1 Å². The molecule has 0 aromatic heterocycles. The molecule has 0 radical (unpaired) electrons. The SMILES string of the molecule is CNCC1CCCN1C(=O)c1ccc(Cl)c(N2CCNC2=O)c1.Cl. The van der Waals surface area contributed by atoms with Crippen molar-refractivity contribution >= 4 is 41.6 Å². The third-order valence-corrected chi connectivity index (χ3v) is 4.74. The second-order valence-electron chi connectivity index (χ2n) is 5.90. The monoisotopic (exact) mass is 372 g/mol. The predicted molar refractivity (Wildman–Crippen MR) is 97.4 cm³/mol. The minimum atomic E-state index is -0.175. The highest BCUT2D eigenvalue weighted by molar-refractivity contribution is 6.34. The summed E-state index contributed by atoms with van der Waals surface area (Å²) >= 11 is 6.23. The van der Waals surface area contributed by atoms with Gasteiger partial charge < -0.3 is 15.5 Å². The maximum Gasteiger partial charge on any atom is 0.322 e. The fraction of sp³-hybridized carbons (Fsp3) is 0.500. The van der Waals surface area contributed by atoms with Gasteiger partial charge in [-0.15, -0.1) is 12.4 Å². The van der Waals surface area contributed by atoms with Gasteiger partial charge in [0, 0.05) is 37.8 Å². The van der Waals surface area contributed by atoms with Crippen LogP contribution in [0.5, 0.6) is 0 Å². The third-order valence-electron chi connectivity index (χ3n) is 4.42. The van der Waals surface area contributed by atoms with Gasteiger partial charge in [0.1, 0.15) is 0 Å². The highest BCUT2D eigenvalue weighted by atomic mass is 35.5. The Morgan fingerprint density at radius 1 is 1.42 bits per heavy atom. The van der Waals surface area contributed by atoms with Crippen molar-refractivity contribution in [3.05, 3.63) is 28.8 Å². The lowest BCUT2D eigenvalue weighted by molar-refractivity contribution is 0.0737. The summed E-state index contributed by atoms with van der Waals surface area (Å²) in [7, 11) is 1.90. The molecule has 0 bridgehead atoms. The van der Waals surface area contributed by atoms with E-state index in [-0.39, 0.29) is 30.4 Å². The summed E-state index contributed by atoms with van der Waals surface area (Å²) in [4.78, 5) is 28.2. The molecule has 1 unspecified atom stereocenters. The number of carbonyl (C=O) groups is 2. The molecule has 8 heteroatoms. The van der Waals surface area contributed by atoms with E-state index in [1.165, 1.54) is 0 Å². The average molecular weight is 373 g/mol. The third kappa shape index (κ3) is 3.61. The molecule has 3 rings (SSSR count). The van der Waals surface area contributed by atoms with Gasteiger partial charge in [0.25, 0.3) is 5.91 Å². The van der Waals surface area contributed by atoms with Crippen LogP contribution in [-0.4, -0.2) is 56.1 Å². The quantitative estimate of drug-likeness (QED) is 0.850. The van der Waals surface area contributed by atoms with Crippen LogP contribution in [-0.2, 0) is 0 Å². The Labute approximate surface area is 152 Å². The first-order chi connectivity index (χ1) is 11.1. The number of urea groups is 1. The summed E-state index contributed by atoms with van der Waals surface area (Å²) in [5.41, 5.74) is 1.17. The maximum atomic E-state index is 12.8. The molecule has 2 N–H and O–H groups in total. The molecule has 1 aromatic rings. The molecular weight excluding hydrogens is 351 g/mol. The summed E-state index contributed by atoms with van der Waals surface area (Å²) < 4.78 is 0. The van der Waals surface area contributed by atoms with Crippen molar-refractivity contribution in [1.82, 2.24) is 15.5 Å². The molecule has 2 fully saturated rings. The Morgan fingerprint density at radius 2 is 2.21 bits per heavy atom. The predicted octanol–water partition coefficient (Wildman–Crippen LogP) is 2.12. The first-order valence-corrected chi connectivity index (χ1v) is 8.30. The van der Waals surface area contributed by atoms with Gasteiger partial charge in [0.05, 0.1) is 10.7 Å². The van der Waals surface area contributed by atoms with Crippen molar-refractivity contribution < 1.29 is 9.59 Å². The van der Waals surface area contributed by atoms with Gasteiger partial charge in [-0.1, -0.05) is 11.6 Å². The first kappa shape index (κ1) is 18.8. The fourth-order valence-corrected chi connectivity index (χ4v) is 3.49. The molecule has 2 heterocycles. The zero-order valence-corrected chi connectivity index (χ0v) is 15.1. The fourth-order valence-electron chi connectivity index (χ4n) is 3.27. The molecule has 6 nitrogen and oxygen atoms in total. The van der Waals surface area contributed by atoms with E-state index >= 15 is 0 Å². The van der Waals surface area contributed by atoms with E-state index in [4.69, 9.17) is 11.6 Å². The second-order valence-corrected chi connectivity index (χ2v) is 6.31. The van der Waals surface area contributed by atoms with Gasteiger partial charge in [-0.25, -0.2) is 4.79 Å². The number of likely N-dealkylation sites (tertiary alicyclic amines) is 1. The highest BCUT2D eigenvalue weighted by Crippen LogP contribution is 2.29. The van der Waals surface area contributed by atoms with Crippen LogP contribution >= 0.6 is 24.0 Å². The van der Waals surface area contributed by atoms with E-state index in [1.807, 2.05) is 11.9 Å². The standard InChI is InChI=1S/C16H21ClN4O2.ClH/c1-18-10-12-3-2-7-20(12)15(22)11-4-5-13(17)14(9-11)21-8-6-19-16(21)23;/h4-5,9,12,18H,2-3,6-8,10H2,1H3,(H,19,23);1H. The lowest BCUT2D eigenvalue weighted by Crippen LogP contribution is -2.40. The van der Waals surface area contributed by atoms with Gasteiger partial charge in [0.2, 0.25) is 0 Å². The molecule has 0 spiro atoms. The van der Waals surface area contributed by atoms with Crippen LogP contribution in [0.1, 0.15) is 23.2 Å². The Balaban J connectivity index is 0.00000208. The Hall–Kier alpha value is -1.50. The number of anilines is 1. The average Bonchev–Trinajstić information content (AvgIpc) is 3.17. The van der Waals surface area contributed by atoms with Crippen molar-refractivity contribution in [2.24, 2.45) is 0 Å². The van der Waals surface area contributed by atoms with Crippen LogP contribution < -0.4 is 15.5 Å². The Morgan fingerprint density at radius 3 is 2.88 bits per heavy atom. The van der Waals surface area contributed by atoms with Crippen molar-refractivity contribution in [1.29, 1.82) is 0 Å². The van der Waals surface area contributed by atoms with Gasteiger partial charge in [-0.2, -0.15) is 0 Å². The van der Waals surface area contributed by atoms with E-state index in [9.17, 15) is 9.59 Å². The van der Waals surface area contributed by atoms with Gasteiger partial charge >= 0.3 is 6.03 Å². The topological polar surface area (TPSA) is 64.7 Å². The van der Waals surface area contributed by atoms with Crippen LogP contribution in [0.4, 0.5) is 10.5 Å². The number of halogens is 2. The zero-order chi connectivity index (χ0) is 16.4. The number of benzene rings is 1. The molecule has 24 heavy (non-hydrogen) atoms. The summed E-state index contributed by atoms with van der Waals surface area (Å²) in [6, 6.07) is 5.20. The normalized spacial score (nSPS) is 20.1. The number of likely N-dealkylation sites (N-methyl/N-ethyl adjacent to an activating group) is 1. The number of hydrogen-bond donors (Lipinski definition) is 2. The molecule has 2 aliphatic rings. The molecule has 1 atom stereocenters. The minimum Gasteiger partial charge on any atom is -0.336 e. The van der Waals surface area contributed by atoms with Crippen molar-refractivity contribution in [2.45, 2.75) is 18.9 Å². The minimum absolute atomic E-state index is 0. The second kappa shape index (κ2) is 8.05.